The third kappa shape index (κ3) is 3.69. The van der Waals surface area contributed by atoms with Crippen LogP contribution in [0.3, 0.4) is 0 Å². The fourth-order valence-electron chi connectivity index (χ4n) is 3.83. The molecular formula is C21H17Cl2N7O2. The summed E-state index contributed by atoms with van der Waals surface area (Å²) in [5, 5.41) is 15.8. The molecule has 1 atom stereocenters. The molecule has 1 aliphatic heterocycles. The van der Waals surface area contributed by atoms with E-state index >= 15 is 0 Å². The summed E-state index contributed by atoms with van der Waals surface area (Å²) >= 11 is 12.6. The summed E-state index contributed by atoms with van der Waals surface area (Å²) in [5.41, 5.74) is 8.43. The number of carbonyl (C=O) groups is 1. The van der Waals surface area contributed by atoms with E-state index in [-0.39, 0.29) is 17.8 Å². The van der Waals surface area contributed by atoms with E-state index in [1.807, 2.05) is 17.0 Å². The Balaban J connectivity index is 1.30. The van der Waals surface area contributed by atoms with Gasteiger partial charge < -0.3 is 20.5 Å². The van der Waals surface area contributed by atoms with Crippen molar-refractivity contribution in [1.29, 1.82) is 0 Å². The number of nitrogens with two attached hydrogens (primary N) is 1. The summed E-state index contributed by atoms with van der Waals surface area (Å²) in [6.45, 7) is 1.23. The van der Waals surface area contributed by atoms with Crippen molar-refractivity contribution in [2.45, 2.75) is 12.5 Å². The Bertz CT molecular complexity index is 1310. The Morgan fingerprint density at radius 1 is 1.16 bits per heavy atom. The number of halogens is 2. The number of nitrogens with one attached hydrogen (secondary N) is 1. The Morgan fingerprint density at radius 3 is 2.81 bits per heavy atom. The molecule has 0 aliphatic carbocycles. The summed E-state index contributed by atoms with van der Waals surface area (Å²) in [4.78, 5) is 19.3. The lowest BCUT2D eigenvalue weighted by atomic mass is 10.1. The van der Waals surface area contributed by atoms with Gasteiger partial charge in [-0.05, 0) is 30.2 Å². The number of amides is 1. The number of nitrogen functional groups attached to an aromatic ring is 1. The van der Waals surface area contributed by atoms with Crippen LogP contribution in [-0.4, -0.2) is 45.4 Å². The van der Waals surface area contributed by atoms with Crippen molar-refractivity contribution in [3.63, 3.8) is 0 Å². The maximum Gasteiger partial charge on any atom is 0.253 e. The summed E-state index contributed by atoms with van der Waals surface area (Å²) in [5.74, 6) is 0.580. The van der Waals surface area contributed by atoms with Gasteiger partial charge in [-0.15, -0.1) is 0 Å². The predicted octanol–water partition coefficient (Wildman–Crippen LogP) is 3.58. The molecule has 1 aliphatic rings. The molecule has 4 heterocycles. The van der Waals surface area contributed by atoms with Crippen LogP contribution in [0.2, 0.25) is 10.0 Å². The third-order valence-corrected chi connectivity index (χ3v) is 6.01. The molecule has 0 bridgehead atoms. The van der Waals surface area contributed by atoms with Gasteiger partial charge in [0.25, 0.3) is 5.91 Å². The van der Waals surface area contributed by atoms with E-state index in [4.69, 9.17) is 33.5 Å². The normalized spacial score (nSPS) is 15.9. The molecule has 0 radical (unpaired) electrons. The van der Waals surface area contributed by atoms with Gasteiger partial charge in [-0.3, -0.25) is 4.79 Å². The molecule has 1 unspecified atom stereocenters. The highest BCUT2D eigenvalue weighted by Gasteiger charge is 2.29. The quantitative estimate of drug-likeness (QED) is 0.464. The topological polar surface area (TPSA) is 123 Å². The number of pyridine rings is 1. The third-order valence-electron chi connectivity index (χ3n) is 5.41. The van der Waals surface area contributed by atoms with E-state index < -0.39 is 0 Å². The van der Waals surface area contributed by atoms with Gasteiger partial charge >= 0.3 is 0 Å². The largest absolute Gasteiger partial charge is 0.380 e. The zero-order chi connectivity index (χ0) is 22.2. The van der Waals surface area contributed by atoms with Gasteiger partial charge in [-0.2, -0.15) is 10.2 Å². The molecule has 11 heteroatoms. The second-order valence-corrected chi connectivity index (χ2v) is 8.25. The number of benzene rings is 1. The van der Waals surface area contributed by atoms with Gasteiger partial charge in [0.2, 0.25) is 5.58 Å². The first-order valence-corrected chi connectivity index (χ1v) is 10.6. The molecule has 9 nitrogen and oxygen atoms in total. The highest BCUT2D eigenvalue weighted by atomic mass is 35.5. The van der Waals surface area contributed by atoms with Gasteiger partial charge in [0.05, 0.1) is 33.4 Å². The van der Waals surface area contributed by atoms with Crippen molar-refractivity contribution in [3.05, 3.63) is 58.5 Å². The monoisotopic (exact) mass is 469 g/mol. The number of nitrogens with zero attached hydrogens (tertiary/aromatic N) is 5. The van der Waals surface area contributed by atoms with E-state index in [1.165, 1.54) is 6.20 Å². The second kappa shape index (κ2) is 8.25. The lowest BCUT2D eigenvalue weighted by Crippen LogP contribution is -2.37. The van der Waals surface area contributed by atoms with E-state index in [2.05, 4.69) is 25.7 Å². The second-order valence-electron chi connectivity index (χ2n) is 7.43. The smallest absolute Gasteiger partial charge is 0.253 e. The minimum Gasteiger partial charge on any atom is -0.380 e. The summed E-state index contributed by atoms with van der Waals surface area (Å²) in [6, 6.07) is 7.03. The van der Waals surface area contributed by atoms with Crippen LogP contribution < -0.4 is 16.0 Å². The molecular weight excluding hydrogens is 453 g/mol. The van der Waals surface area contributed by atoms with Crippen LogP contribution in [0, 0.1) is 0 Å². The first kappa shape index (κ1) is 20.5. The standard InChI is InChI=1S/C21H17Cl2N7O2/c22-15-7-11(12-3-5-26-27-8-12)1-2-14(15)21(31)28-13-4-6-30(10-13)20-18-17(16(23)9-25-20)19(24)29-32-18/h1-3,5,7-9,13H,4,6,10H2,(H2,24,29)(H,28,31). The molecule has 162 valence electrons. The predicted molar refractivity (Wildman–Crippen MR) is 122 cm³/mol. The average molecular weight is 470 g/mol. The first-order valence-electron chi connectivity index (χ1n) is 9.83. The van der Waals surface area contributed by atoms with Crippen LogP contribution in [0.5, 0.6) is 0 Å². The molecule has 1 fully saturated rings. The highest BCUT2D eigenvalue weighted by molar-refractivity contribution is 6.36. The Morgan fingerprint density at radius 2 is 2.03 bits per heavy atom. The zero-order valence-electron chi connectivity index (χ0n) is 16.6. The van der Waals surface area contributed by atoms with Crippen molar-refractivity contribution in [3.8, 4) is 11.1 Å². The summed E-state index contributed by atoms with van der Waals surface area (Å²) in [7, 11) is 0. The van der Waals surface area contributed by atoms with Crippen molar-refractivity contribution >= 4 is 51.7 Å². The first-order chi connectivity index (χ1) is 15.5. The molecule has 0 spiro atoms. The van der Waals surface area contributed by atoms with E-state index in [0.29, 0.717) is 45.5 Å². The van der Waals surface area contributed by atoms with E-state index in [1.54, 1.807) is 24.5 Å². The molecule has 1 amide bonds. The SMILES string of the molecule is Nc1noc2c(N3CCC(NC(=O)c4ccc(-c5ccnnc5)cc4Cl)C3)ncc(Cl)c12. The number of carbonyl (C=O) groups excluding carboxylic acids is 1. The number of anilines is 2. The van der Waals surface area contributed by atoms with Crippen molar-refractivity contribution in [1.82, 2.24) is 25.7 Å². The molecule has 3 N–H and O–H groups in total. The van der Waals surface area contributed by atoms with Gasteiger partial charge in [0.1, 0.15) is 0 Å². The van der Waals surface area contributed by atoms with Crippen molar-refractivity contribution in [2.24, 2.45) is 0 Å². The van der Waals surface area contributed by atoms with Crippen LogP contribution in [-0.2, 0) is 0 Å². The van der Waals surface area contributed by atoms with Crippen molar-refractivity contribution < 1.29 is 9.32 Å². The number of hydrogen-bond donors (Lipinski definition) is 2. The maximum absolute atomic E-state index is 12.9. The van der Waals surface area contributed by atoms with Gasteiger partial charge in [-0.1, -0.05) is 34.4 Å². The van der Waals surface area contributed by atoms with Gasteiger partial charge in [0.15, 0.2) is 11.6 Å². The Hall–Kier alpha value is -3.43. The summed E-state index contributed by atoms with van der Waals surface area (Å²) in [6.07, 6.45) is 5.51. The highest BCUT2D eigenvalue weighted by Crippen LogP contribution is 2.35. The lowest BCUT2D eigenvalue weighted by molar-refractivity contribution is 0.0940. The van der Waals surface area contributed by atoms with E-state index in [9.17, 15) is 4.79 Å². The summed E-state index contributed by atoms with van der Waals surface area (Å²) < 4.78 is 5.35. The Labute approximate surface area is 192 Å². The number of aromatic nitrogens is 4. The molecule has 1 aromatic carbocycles. The Kier molecular flexibility index (Phi) is 5.28. The zero-order valence-corrected chi connectivity index (χ0v) is 18.1. The fourth-order valence-corrected chi connectivity index (χ4v) is 4.32. The van der Waals surface area contributed by atoms with Crippen LogP contribution >= 0.6 is 23.2 Å². The molecule has 5 rings (SSSR count). The molecule has 1 saturated heterocycles. The maximum atomic E-state index is 12.9. The van der Waals surface area contributed by atoms with Crippen LogP contribution in [0.15, 0.2) is 47.4 Å². The van der Waals surface area contributed by atoms with Gasteiger partial charge in [-0.25, -0.2) is 4.98 Å². The van der Waals surface area contributed by atoms with Gasteiger partial charge in [0, 0.05) is 30.9 Å². The molecule has 0 saturated carbocycles. The molecule has 4 aromatic rings. The van der Waals surface area contributed by atoms with E-state index in [0.717, 1.165) is 17.5 Å². The number of rotatable bonds is 4. The van der Waals surface area contributed by atoms with Crippen LogP contribution in [0.4, 0.5) is 11.6 Å². The fraction of sp³-hybridized carbons (Fsp3) is 0.190. The minimum absolute atomic E-state index is 0.0876. The van der Waals surface area contributed by atoms with Crippen LogP contribution in [0.1, 0.15) is 16.8 Å². The molecule has 32 heavy (non-hydrogen) atoms. The van der Waals surface area contributed by atoms with Crippen LogP contribution in [0.25, 0.3) is 22.1 Å². The number of fused-ring (bicyclic) bond motifs is 1. The molecule has 3 aromatic heterocycles. The lowest BCUT2D eigenvalue weighted by Gasteiger charge is -2.18. The minimum atomic E-state index is -0.237. The van der Waals surface area contributed by atoms with Crippen molar-refractivity contribution in [2.75, 3.05) is 23.7 Å². The average Bonchev–Trinajstić information content (AvgIpc) is 3.42. The number of hydrogen-bond acceptors (Lipinski definition) is 8.